The second kappa shape index (κ2) is 7.52. The standard InChI is InChI=1S/C17H20ClIN2O3S/c1-17(2,3)24-16(22)21-8-4-5-10(9-21)25-14-11(18)6-7-12-13(14)23-15(19)20-12/h6-7,10H,4-5,8-9H2,1-3H3. The number of piperidine rings is 1. The average Bonchev–Trinajstić information content (AvgIpc) is 2.90. The lowest BCUT2D eigenvalue weighted by molar-refractivity contribution is 0.0220. The smallest absolute Gasteiger partial charge is 0.410 e. The molecule has 1 fully saturated rings. The highest BCUT2D eigenvalue weighted by Gasteiger charge is 2.29. The quantitative estimate of drug-likeness (QED) is 0.510. The molecule has 0 N–H and O–H groups in total. The highest BCUT2D eigenvalue weighted by Crippen LogP contribution is 2.39. The van der Waals surface area contributed by atoms with Crippen LogP contribution in [0.15, 0.2) is 21.4 Å². The van der Waals surface area contributed by atoms with Crippen molar-refractivity contribution in [3.8, 4) is 0 Å². The molecule has 0 spiro atoms. The number of rotatable bonds is 2. The number of hydrogen-bond donors (Lipinski definition) is 0. The Bertz CT molecular complexity index is 790. The summed E-state index contributed by atoms with van der Waals surface area (Å²) in [4.78, 5) is 19.4. The SMILES string of the molecule is CC(C)(C)OC(=O)N1CCCC(Sc2c(Cl)ccc3nc(I)oc23)C1. The lowest BCUT2D eigenvalue weighted by Crippen LogP contribution is -2.43. The Morgan fingerprint density at radius 2 is 2.24 bits per heavy atom. The zero-order valence-corrected chi connectivity index (χ0v) is 18.1. The number of oxazole rings is 1. The topological polar surface area (TPSA) is 55.6 Å². The summed E-state index contributed by atoms with van der Waals surface area (Å²) in [6.45, 7) is 7.01. The van der Waals surface area contributed by atoms with E-state index < -0.39 is 5.60 Å². The Hall–Kier alpha value is -0.670. The van der Waals surface area contributed by atoms with E-state index in [0.29, 0.717) is 15.5 Å². The maximum Gasteiger partial charge on any atom is 0.410 e. The molecule has 0 radical (unpaired) electrons. The van der Waals surface area contributed by atoms with Crippen molar-refractivity contribution < 1.29 is 13.9 Å². The summed E-state index contributed by atoms with van der Waals surface area (Å²) in [5.41, 5.74) is 1.04. The Morgan fingerprint density at radius 3 is 2.96 bits per heavy atom. The summed E-state index contributed by atoms with van der Waals surface area (Å²) in [7, 11) is 0. The molecule has 8 heteroatoms. The minimum Gasteiger partial charge on any atom is -0.444 e. The van der Waals surface area contributed by atoms with Crippen LogP contribution in [0, 0.1) is 3.90 Å². The second-order valence-electron chi connectivity index (χ2n) is 7.00. The van der Waals surface area contributed by atoms with E-state index in [9.17, 15) is 4.79 Å². The summed E-state index contributed by atoms with van der Waals surface area (Å²) in [6, 6.07) is 3.71. The molecule has 25 heavy (non-hydrogen) atoms. The van der Waals surface area contributed by atoms with E-state index in [-0.39, 0.29) is 11.3 Å². The van der Waals surface area contributed by atoms with E-state index in [1.54, 1.807) is 16.7 Å². The molecular weight excluding hydrogens is 475 g/mol. The molecule has 0 saturated carbocycles. The van der Waals surface area contributed by atoms with Gasteiger partial charge in [-0.15, -0.1) is 11.8 Å². The van der Waals surface area contributed by atoms with Gasteiger partial charge < -0.3 is 14.1 Å². The fourth-order valence-corrected chi connectivity index (χ4v) is 4.79. The van der Waals surface area contributed by atoms with Crippen LogP contribution in [0.1, 0.15) is 33.6 Å². The largest absolute Gasteiger partial charge is 0.444 e. The van der Waals surface area contributed by atoms with E-state index in [4.69, 9.17) is 20.8 Å². The summed E-state index contributed by atoms with van der Waals surface area (Å²) in [6.07, 6.45) is 1.71. The Balaban J connectivity index is 1.75. The van der Waals surface area contributed by atoms with Gasteiger partial charge in [0.1, 0.15) is 11.1 Å². The van der Waals surface area contributed by atoms with E-state index in [1.165, 1.54) is 0 Å². The summed E-state index contributed by atoms with van der Waals surface area (Å²) in [5, 5.41) is 0.895. The predicted molar refractivity (Wildman–Crippen MR) is 108 cm³/mol. The summed E-state index contributed by atoms with van der Waals surface area (Å²) in [5.74, 6) is 0. The first-order valence-electron chi connectivity index (χ1n) is 8.12. The van der Waals surface area contributed by atoms with Crippen LogP contribution in [0.25, 0.3) is 11.1 Å². The molecule has 2 aromatic rings. The molecule has 2 heterocycles. The molecule has 0 bridgehead atoms. The van der Waals surface area contributed by atoms with Crippen molar-refractivity contribution in [3.05, 3.63) is 21.1 Å². The highest BCUT2D eigenvalue weighted by molar-refractivity contribution is 14.1. The van der Waals surface area contributed by atoms with Gasteiger partial charge in [0, 0.05) is 40.9 Å². The second-order valence-corrected chi connectivity index (χ2v) is 9.64. The van der Waals surface area contributed by atoms with Crippen LogP contribution < -0.4 is 0 Å². The molecule has 1 unspecified atom stereocenters. The zero-order valence-electron chi connectivity index (χ0n) is 14.3. The fourth-order valence-electron chi connectivity index (χ4n) is 2.72. The van der Waals surface area contributed by atoms with Crippen molar-refractivity contribution in [3.63, 3.8) is 0 Å². The maximum absolute atomic E-state index is 12.3. The summed E-state index contributed by atoms with van der Waals surface area (Å²) < 4.78 is 11.8. The van der Waals surface area contributed by atoms with Gasteiger partial charge in [-0.1, -0.05) is 11.6 Å². The lowest BCUT2D eigenvalue weighted by Gasteiger charge is -2.33. The van der Waals surface area contributed by atoms with Crippen LogP contribution in [0.3, 0.4) is 0 Å². The van der Waals surface area contributed by atoms with Crippen molar-refractivity contribution >= 4 is 63.1 Å². The molecule has 1 aromatic heterocycles. The molecule has 1 aliphatic rings. The predicted octanol–water partition coefficient (Wildman–Crippen LogP) is 5.58. The van der Waals surface area contributed by atoms with Crippen LogP contribution >= 0.6 is 46.0 Å². The van der Waals surface area contributed by atoms with Crippen molar-refractivity contribution in [1.82, 2.24) is 9.88 Å². The third-order valence-electron chi connectivity index (χ3n) is 3.75. The number of halogens is 2. The van der Waals surface area contributed by atoms with Crippen LogP contribution in [-0.2, 0) is 4.74 Å². The normalized spacial score (nSPS) is 18.6. The molecule has 5 nitrogen and oxygen atoms in total. The van der Waals surface area contributed by atoms with E-state index in [1.807, 2.05) is 32.9 Å². The fraction of sp³-hybridized carbons (Fsp3) is 0.529. The van der Waals surface area contributed by atoms with E-state index in [0.717, 1.165) is 35.4 Å². The van der Waals surface area contributed by atoms with Crippen molar-refractivity contribution in [2.75, 3.05) is 13.1 Å². The van der Waals surface area contributed by atoms with Crippen molar-refractivity contribution in [2.45, 2.75) is 49.4 Å². The number of carbonyl (C=O) groups is 1. The van der Waals surface area contributed by atoms with Gasteiger partial charge in [0.05, 0.1) is 9.92 Å². The van der Waals surface area contributed by atoms with Crippen LogP contribution in [0.2, 0.25) is 5.02 Å². The molecule has 136 valence electrons. The molecule has 1 aromatic carbocycles. The summed E-state index contributed by atoms with van der Waals surface area (Å²) >= 11 is 10.1. The highest BCUT2D eigenvalue weighted by atomic mass is 127. The molecule has 1 amide bonds. The molecule has 1 aliphatic heterocycles. The van der Waals surface area contributed by atoms with Gasteiger partial charge >= 0.3 is 6.09 Å². The molecule has 1 saturated heterocycles. The third kappa shape index (κ3) is 4.74. The number of hydrogen-bond acceptors (Lipinski definition) is 5. The van der Waals surface area contributed by atoms with Crippen LogP contribution in [0.4, 0.5) is 4.79 Å². The minimum absolute atomic E-state index is 0.243. The van der Waals surface area contributed by atoms with Crippen LogP contribution in [-0.4, -0.2) is 39.9 Å². The van der Waals surface area contributed by atoms with Gasteiger partial charge in [-0.25, -0.2) is 9.78 Å². The number of aromatic nitrogens is 1. The molecule has 3 rings (SSSR count). The number of benzene rings is 1. The molecule has 0 aliphatic carbocycles. The number of nitrogens with zero attached hydrogens (tertiary/aromatic N) is 2. The van der Waals surface area contributed by atoms with Gasteiger partial charge in [0.2, 0.25) is 0 Å². The first-order chi connectivity index (χ1) is 11.7. The maximum atomic E-state index is 12.3. The van der Waals surface area contributed by atoms with Gasteiger partial charge in [-0.3, -0.25) is 0 Å². The number of fused-ring (bicyclic) bond motifs is 1. The Labute approximate surface area is 169 Å². The molecule has 1 atom stereocenters. The van der Waals surface area contributed by atoms with Crippen LogP contribution in [0.5, 0.6) is 0 Å². The molecular formula is C17H20ClIN2O3S. The monoisotopic (exact) mass is 494 g/mol. The van der Waals surface area contributed by atoms with Crippen molar-refractivity contribution in [1.29, 1.82) is 0 Å². The first-order valence-corrected chi connectivity index (χ1v) is 10.5. The Kier molecular flexibility index (Phi) is 5.75. The van der Waals surface area contributed by atoms with E-state index in [2.05, 4.69) is 27.6 Å². The van der Waals surface area contributed by atoms with Gasteiger partial charge in [0.15, 0.2) is 5.58 Å². The van der Waals surface area contributed by atoms with E-state index >= 15 is 0 Å². The number of likely N-dealkylation sites (tertiary alicyclic amines) is 1. The average molecular weight is 495 g/mol. The van der Waals surface area contributed by atoms with Gasteiger partial charge in [-0.05, 0) is 45.7 Å². The first kappa shape index (κ1) is 19.1. The number of amides is 1. The Morgan fingerprint density at radius 1 is 1.48 bits per heavy atom. The lowest BCUT2D eigenvalue weighted by atomic mass is 10.1. The van der Waals surface area contributed by atoms with Gasteiger partial charge in [-0.2, -0.15) is 0 Å². The number of ether oxygens (including phenoxy) is 1. The number of thioether (sulfide) groups is 1. The van der Waals surface area contributed by atoms with Gasteiger partial charge in [0.25, 0.3) is 3.90 Å². The minimum atomic E-state index is -0.484. The van der Waals surface area contributed by atoms with Crippen molar-refractivity contribution in [2.24, 2.45) is 0 Å². The number of carbonyl (C=O) groups excluding carboxylic acids is 1. The zero-order chi connectivity index (χ0) is 18.2. The third-order valence-corrected chi connectivity index (χ3v) is 6.00.